The summed E-state index contributed by atoms with van der Waals surface area (Å²) in [5.41, 5.74) is -1.12. The maximum Gasteiger partial charge on any atom is 0.335 e. The van der Waals surface area contributed by atoms with Gasteiger partial charge >= 0.3 is 5.97 Å². The van der Waals surface area contributed by atoms with Crippen LogP contribution in [-0.4, -0.2) is 85.8 Å². The van der Waals surface area contributed by atoms with Crippen molar-refractivity contribution in [1.29, 1.82) is 0 Å². The fourth-order valence-corrected chi connectivity index (χ4v) is 3.27. The number of aliphatic carboxylic acids is 1. The van der Waals surface area contributed by atoms with Gasteiger partial charge in [0.15, 0.2) is 18.0 Å². The maximum absolute atomic E-state index is 11.1. The molecule has 118 valence electrons. The van der Waals surface area contributed by atoms with Gasteiger partial charge in [-0.3, -0.25) is 4.99 Å². The van der Waals surface area contributed by atoms with Crippen LogP contribution in [0.25, 0.3) is 0 Å². The highest BCUT2D eigenvalue weighted by Crippen LogP contribution is 2.31. The normalized spacial score (nSPS) is 40.1. The molecule has 0 aromatic carbocycles. The number of aliphatic imine (C=N–C) groups is 4. The van der Waals surface area contributed by atoms with E-state index in [1.807, 2.05) is 0 Å². The van der Waals surface area contributed by atoms with Gasteiger partial charge in [-0.2, -0.15) is 0 Å². The maximum atomic E-state index is 11.1. The van der Waals surface area contributed by atoms with Crippen molar-refractivity contribution in [2.75, 3.05) is 0 Å². The van der Waals surface area contributed by atoms with Crippen molar-refractivity contribution in [3.63, 3.8) is 0 Å². The van der Waals surface area contributed by atoms with E-state index in [0.29, 0.717) is 10.9 Å². The molecular weight excluding hydrogens is 316 g/mol. The van der Waals surface area contributed by atoms with E-state index in [1.165, 1.54) is 12.7 Å². The van der Waals surface area contributed by atoms with Crippen molar-refractivity contribution in [1.82, 2.24) is 0 Å². The highest BCUT2D eigenvalue weighted by atomic mass is 32.2. The van der Waals surface area contributed by atoms with Crippen LogP contribution in [0.4, 0.5) is 0 Å². The van der Waals surface area contributed by atoms with Crippen LogP contribution < -0.4 is 0 Å². The number of hydrogen-bond donors (Lipinski definition) is 4. The van der Waals surface area contributed by atoms with Crippen LogP contribution >= 0.6 is 11.8 Å². The number of carboxylic acids is 1. The van der Waals surface area contributed by atoms with E-state index in [2.05, 4.69) is 20.0 Å². The summed E-state index contributed by atoms with van der Waals surface area (Å²) < 4.78 is 5.18. The molecule has 11 heteroatoms. The number of ether oxygens (including phenoxy) is 1. The van der Waals surface area contributed by atoms with Crippen LogP contribution in [0.2, 0.25) is 0 Å². The lowest BCUT2D eigenvalue weighted by Crippen LogP contribution is -2.59. The zero-order chi connectivity index (χ0) is 15.9. The molecule has 4 N–H and O–H groups in total. The molecule has 0 aromatic rings. The molecular formula is C11H12N4O6S. The second kappa shape index (κ2) is 5.85. The Balaban J connectivity index is 1.78. The molecule has 6 atom stereocenters. The molecule has 0 aromatic heterocycles. The Morgan fingerprint density at radius 2 is 1.91 bits per heavy atom. The number of thioether (sulfide) groups is 1. The van der Waals surface area contributed by atoms with E-state index in [1.54, 1.807) is 0 Å². The number of fused-ring (bicyclic) bond motifs is 1. The molecule has 3 aliphatic rings. The predicted octanol–water partition coefficient (Wildman–Crippen LogP) is -2.14. The number of carbonyl (C=O) groups is 1. The van der Waals surface area contributed by atoms with Gasteiger partial charge in [0, 0.05) is 0 Å². The fourth-order valence-electron chi connectivity index (χ4n) is 2.15. The minimum Gasteiger partial charge on any atom is -0.479 e. The standard InChI is InChI=1S/C11H12N4O6S/c16-4-5(17)7(10(19)20)21-11(6(4)18)22-9-3-8(13-1-12-3)14-2-15-9/h1-7,11,16-18H,(H,19,20). The summed E-state index contributed by atoms with van der Waals surface area (Å²) in [5, 5.41) is 38.8. The van der Waals surface area contributed by atoms with Gasteiger partial charge in [0.25, 0.3) is 0 Å². The number of nitrogens with zero attached hydrogens (tertiary/aromatic N) is 4. The van der Waals surface area contributed by atoms with Crippen molar-refractivity contribution in [2.24, 2.45) is 20.0 Å². The number of rotatable bonds is 2. The lowest BCUT2D eigenvalue weighted by atomic mass is 10.0. The number of carboxylic acid groups (broad SMARTS) is 1. The first-order chi connectivity index (χ1) is 10.5. The Bertz CT molecular complexity index is 605. The van der Waals surface area contributed by atoms with Crippen molar-refractivity contribution < 1.29 is 30.0 Å². The Morgan fingerprint density at radius 3 is 2.64 bits per heavy atom. The van der Waals surface area contributed by atoms with Gasteiger partial charge in [-0.1, -0.05) is 11.8 Å². The second-order valence-electron chi connectivity index (χ2n) is 4.72. The van der Waals surface area contributed by atoms with Gasteiger partial charge < -0.3 is 25.2 Å². The minimum absolute atomic E-state index is 0.402. The average molecular weight is 328 g/mol. The van der Waals surface area contributed by atoms with Crippen molar-refractivity contribution in [3.8, 4) is 0 Å². The molecule has 0 spiro atoms. The second-order valence-corrected chi connectivity index (χ2v) is 5.84. The lowest BCUT2D eigenvalue weighted by Gasteiger charge is -2.38. The number of aliphatic hydroxyl groups is 3. The monoisotopic (exact) mass is 328 g/mol. The zero-order valence-electron chi connectivity index (χ0n) is 10.9. The number of hydrogen-bond acceptors (Lipinski definition) is 10. The number of amidine groups is 1. The molecule has 0 bridgehead atoms. The van der Waals surface area contributed by atoms with Gasteiger partial charge in [0.1, 0.15) is 41.5 Å². The molecule has 3 heterocycles. The van der Waals surface area contributed by atoms with E-state index in [9.17, 15) is 20.1 Å². The Labute approximate surface area is 128 Å². The SMILES string of the molecule is O=C(O)C1OC(SC2=NC=NC3=NC=NC32)C(O)C(O)C1O. The summed E-state index contributed by atoms with van der Waals surface area (Å²) in [5.74, 6) is -1.00. The highest BCUT2D eigenvalue weighted by molar-refractivity contribution is 8.14. The molecule has 22 heavy (non-hydrogen) atoms. The Morgan fingerprint density at radius 1 is 1.14 bits per heavy atom. The van der Waals surface area contributed by atoms with Crippen LogP contribution in [0.3, 0.4) is 0 Å². The van der Waals surface area contributed by atoms with Crippen LogP contribution in [-0.2, 0) is 9.53 Å². The summed E-state index contributed by atoms with van der Waals surface area (Å²) in [7, 11) is 0. The molecule has 0 amide bonds. The third-order valence-electron chi connectivity index (χ3n) is 3.31. The molecule has 0 aliphatic carbocycles. The van der Waals surface area contributed by atoms with Gasteiger partial charge in [-0.05, 0) is 0 Å². The Hall–Kier alpha value is -1.66. The van der Waals surface area contributed by atoms with Gasteiger partial charge in [-0.25, -0.2) is 19.8 Å². The summed E-state index contributed by atoms with van der Waals surface area (Å²) in [4.78, 5) is 27.0. The molecule has 1 saturated heterocycles. The zero-order valence-corrected chi connectivity index (χ0v) is 11.7. The van der Waals surface area contributed by atoms with Gasteiger partial charge in [0.2, 0.25) is 0 Å². The van der Waals surface area contributed by atoms with E-state index < -0.39 is 41.9 Å². The van der Waals surface area contributed by atoms with Gasteiger partial charge in [-0.15, -0.1) is 0 Å². The van der Waals surface area contributed by atoms with Crippen LogP contribution in [0, 0.1) is 0 Å². The van der Waals surface area contributed by atoms with Crippen LogP contribution in [0.1, 0.15) is 0 Å². The van der Waals surface area contributed by atoms with E-state index >= 15 is 0 Å². The third-order valence-corrected chi connectivity index (χ3v) is 4.50. The first-order valence-electron chi connectivity index (χ1n) is 6.27. The largest absolute Gasteiger partial charge is 0.479 e. The molecule has 0 radical (unpaired) electrons. The first-order valence-corrected chi connectivity index (χ1v) is 7.15. The van der Waals surface area contributed by atoms with Crippen LogP contribution in [0.5, 0.6) is 0 Å². The summed E-state index contributed by atoms with van der Waals surface area (Å²) in [6, 6.07) is -0.530. The predicted molar refractivity (Wildman–Crippen MR) is 77.6 cm³/mol. The molecule has 3 rings (SSSR count). The first kappa shape index (κ1) is 15.2. The van der Waals surface area contributed by atoms with E-state index in [4.69, 9.17) is 9.84 Å². The van der Waals surface area contributed by atoms with Gasteiger partial charge in [0.05, 0.1) is 0 Å². The highest BCUT2D eigenvalue weighted by Gasteiger charge is 2.48. The third kappa shape index (κ3) is 2.57. The molecule has 1 fully saturated rings. The topological polar surface area (TPSA) is 157 Å². The summed E-state index contributed by atoms with van der Waals surface area (Å²) >= 11 is 0.910. The summed E-state index contributed by atoms with van der Waals surface area (Å²) in [6.45, 7) is 0. The van der Waals surface area contributed by atoms with Crippen molar-refractivity contribution in [2.45, 2.75) is 35.9 Å². The molecule has 3 aliphatic heterocycles. The lowest BCUT2D eigenvalue weighted by molar-refractivity contribution is -0.209. The summed E-state index contributed by atoms with van der Waals surface area (Å²) in [6.07, 6.45) is -3.90. The molecule has 6 unspecified atom stereocenters. The van der Waals surface area contributed by atoms with Crippen molar-refractivity contribution in [3.05, 3.63) is 0 Å². The molecule has 0 saturated carbocycles. The quantitative estimate of drug-likeness (QED) is 0.450. The number of aliphatic hydroxyl groups excluding tert-OH is 3. The van der Waals surface area contributed by atoms with Crippen LogP contribution in [0.15, 0.2) is 20.0 Å². The van der Waals surface area contributed by atoms with E-state index in [0.717, 1.165) is 11.8 Å². The minimum atomic E-state index is -1.72. The average Bonchev–Trinajstić information content (AvgIpc) is 2.97. The molecule has 10 nitrogen and oxygen atoms in total. The fraction of sp³-hybridized carbons (Fsp3) is 0.545. The van der Waals surface area contributed by atoms with Crippen molar-refractivity contribution >= 4 is 41.3 Å². The Kier molecular flexibility index (Phi) is 4.06. The van der Waals surface area contributed by atoms with E-state index in [-0.39, 0.29) is 0 Å². The smallest absolute Gasteiger partial charge is 0.335 e.